The number of aromatic nitrogens is 3. The fraction of sp³-hybridized carbons (Fsp3) is 0.571. The maximum Gasteiger partial charge on any atom is 0.191 e. The summed E-state index contributed by atoms with van der Waals surface area (Å²) in [5, 5.41) is 15.0. The van der Waals surface area contributed by atoms with Crippen molar-refractivity contribution >= 4 is 17.7 Å². The second-order valence-corrected chi connectivity index (χ2v) is 8.76. The molecule has 1 saturated carbocycles. The van der Waals surface area contributed by atoms with Gasteiger partial charge in [-0.2, -0.15) is 0 Å². The molecule has 0 spiro atoms. The molecule has 0 aliphatic heterocycles. The maximum absolute atomic E-state index is 4.96. The molecule has 1 fully saturated rings. The molecule has 0 unspecified atom stereocenters. The lowest BCUT2D eigenvalue weighted by Crippen LogP contribution is -2.40. The van der Waals surface area contributed by atoms with E-state index in [2.05, 4.69) is 69.6 Å². The Hall–Kier alpha value is -2.02. The predicted octanol–water partition coefficient (Wildman–Crippen LogP) is 3.50. The van der Waals surface area contributed by atoms with Crippen molar-refractivity contribution in [2.45, 2.75) is 62.1 Å². The van der Waals surface area contributed by atoms with Gasteiger partial charge in [-0.3, -0.25) is 4.99 Å². The zero-order valence-electron chi connectivity index (χ0n) is 17.0. The second kappa shape index (κ2) is 10.5. The molecule has 1 aromatic heterocycles. The number of nitrogens with one attached hydrogen (secondary N) is 2. The highest BCUT2D eigenvalue weighted by atomic mass is 32.2. The van der Waals surface area contributed by atoms with Gasteiger partial charge >= 0.3 is 0 Å². The molecule has 1 aromatic carbocycles. The topological polar surface area (TPSA) is 67.1 Å². The molecule has 7 heteroatoms. The first-order valence-corrected chi connectivity index (χ1v) is 11.2. The molecule has 1 aliphatic rings. The van der Waals surface area contributed by atoms with Crippen LogP contribution < -0.4 is 10.6 Å². The van der Waals surface area contributed by atoms with Crippen LogP contribution in [0, 0.1) is 0 Å². The van der Waals surface area contributed by atoms with Crippen LogP contribution >= 0.6 is 11.8 Å². The van der Waals surface area contributed by atoms with E-state index in [0.717, 1.165) is 44.4 Å². The average molecular weight is 401 g/mol. The Bertz CT molecular complexity index is 736. The summed E-state index contributed by atoms with van der Waals surface area (Å²) in [6, 6.07) is 10.7. The first-order chi connectivity index (χ1) is 13.7. The van der Waals surface area contributed by atoms with Crippen molar-refractivity contribution in [3.05, 3.63) is 42.5 Å². The summed E-state index contributed by atoms with van der Waals surface area (Å²) >= 11 is 2.00. The maximum atomic E-state index is 4.96. The molecule has 28 heavy (non-hydrogen) atoms. The number of guanidine groups is 1. The van der Waals surface area contributed by atoms with Gasteiger partial charge in [0.1, 0.15) is 12.2 Å². The van der Waals surface area contributed by atoms with Crippen LogP contribution in [0.25, 0.3) is 0 Å². The van der Waals surface area contributed by atoms with E-state index in [-0.39, 0.29) is 4.75 Å². The lowest BCUT2D eigenvalue weighted by Gasteiger charge is -2.27. The van der Waals surface area contributed by atoms with Crippen LogP contribution in [0.3, 0.4) is 0 Å². The van der Waals surface area contributed by atoms with Crippen molar-refractivity contribution in [2.75, 3.05) is 19.6 Å². The lowest BCUT2D eigenvalue weighted by molar-refractivity contribution is 0.607. The Labute approximate surface area is 172 Å². The Morgan fingerprint density at radius 2 is 1.96 bits per heavy atom. The van der Waals surface area contributed by atoms with E-state index in [1.54, 1.807) is 6.33 Å². The number of hydrogen-bond donors (Lipinski definition) is 2. The fourth-order valence-corrected chi connectivity index (χ4v) is 5.06. The van der Waals surface area contributed by atoms with Gasteiger partial charge in [0, 0.05) is 35.7 Å². The van der Waals surface area contributed by atoms with Crippen LogP contribution in [0.2, 0.25) is 0 Å². The van der Waals surface area contributed by atoms with Crippen LogP contribution in [-0.4, -0.2) is 45.1 Å². The summed E-state index contributed by atoms with van der Waals surface area (Å²) in [5.74, 6) is 1.92. The van der Waals surface area contributed by atoms with Gasteiger partial charge in [-0.15, -0.1) is 22.0 Å². The Morgan fingerprint density at radius 3 is 2.68 bits per heavy atom. The molecule has 0 amide bonds. The van der Waals surface area contributed by atoms with E-state index in [1.807, 2.05) is 11.8 Å². The summed E-state index contributed by atoms with van der Waals surface area (Å²) in [5.41, 5.74) is 0. The highest BCUT2D eigenvalue weighted by Crippen LogP contribution is 2.45. The van der Waals surface area contributed by atoms with Gasteiger partial charge in [-0.25, -0.2) is 0 Å². The summed E-state index contributed by atoms with van der Waals surface area (Å²) in [4.78, 5) is 6.30. The molecule has 1 aliphatic carbocycles. The van der Waals surface area contributed by atoms with Crippen LogP contribution in [0.5, 0.6) is 0 Å². The molecule has 0 atom stereocenters. The highest BCUT2D eigenvalue weighted by Gasteiger charge is 2.35. The minimum atomic E-state index is 0.216. The Kier molecular flexibility index (Phi) is 7.77. The molecule has 6 nitrogen and oxygen atoms in total. The molecule has 3 rings (SSSR count). The smallest absolute Gasteiger partial charge is 0.191 e. The van der Waals surface area contributed by atoms with E-state index in [4.69, 9.17) is 4.99 Å². The van der Waals surface area contributed by atoms with Gasteiger partial charge in [-0.05, 0) is 31.9 Å². The first-order valence-electron chi connectivity index (χ1n) is 10.4. The van der Waals surface area contributed by atoms with Crippen LogP contribution in [0.15, 0.2) is 46.5 Å². The number of benzene rings is 1. The standard InChI is InChI=1S/C21H32N6S/c1-3-19-26-25-17-27(19)15-14-23-20(22-4-2)24-16-21(12-8-9-13-21)28-18-10-6-5-7-11-18/h5-7,10-11,17H,3-4,8-9,12-16H2,1-2H3,(H2,22,23,24). The van der Waals surface area contributed by atoms with E-state index >= 15 is 0 Å². The molecule has 2 N–H and O–H groups in total. The van der Waals surface area contributed by atoms with Gasteiger partial charge in [0.2, 0.25) is 0 Å². The molecule has 152 valence electrons. The largest absolute Gasteiger partial charge is 0.357 e. The first kappa shape index (κ1) is 20.7. The minimum Gasteiger partial charge on any atom is -0.357 e. The third-order valence-corrected chi connectivity index (χ3v) is 6.60. The van der Waals surface area contributed by atoms with Crippen LogP contribution in [0.1, 0.15) is 45.4 Å². The highest BCUT2D eigenvalue weighted by molar-refractivity contribution is 8.00. The molecule has 0 saturated heterocycles. The van der Waals surface area contributed by atoms with E-state index in [9.17, 15) is 0 Å². The third-order valence-electron chi connectivity index (χ3n) is 5.12. The predicted molar refractivity (Wildman–Crippen MR) is 117 cm³/mol. The van der Waals surface area contributed by atoms with Crippen molar-refractivity contribution in [3.63, 3.8) is 0 Å². The summed E-state index contributed by atoms with van der Waals surface area (Å²) in [7, 11) is 0. The normalized spacial score (nSPS) is 16.3. The van der Waals surface area contributed by atoms with Gasteiger partial charge in [0.15, 0.2) is 5.96 Å². The number of aryl methyl sites for hydroxylation is 1. The van der Waals surface area contributed by atoms with Crippen molar-refractivity contribution < 1.29 is 0 Å². The average Bonchev–Trinajstić information content (AvgIpc) is 3.36. The number of nitrogens with zero attached hydrogens (tertiary/aromatic N) is 4. The van der Waals surface area contributed by atoms with Crippen molar-refractivity contribution in [1.29, 1.82) is 0 Å². The summed E-state index contributed by atoms with van der Waals surface area (Å²) in [6.45, 7) is 7.55. The molecule has 1 heterocycles. The Morgan fingerprint density at radius 1 is 1.18 bits per heavy atom. The van der Waals surface area contributed by atoms with Gasteiger partial charge in [-0.1, -0.05) is 38.0 Å². The van der Waals surface area contributed by atoms with E-state index in [1.165, 1.54) is 30.6 Å². The monoisotopic (exact) mass is 400 g/mol. The molecule has 2 aromatic rings. The lowest BCUT2D eigenvalue weighted by atomic mass is 10.1. The van der Waals surface area contributed by atoms with Crippen molar-refractivity contribution in [1.82, 2.24) is 25.4 Å². The third kappa shape index (κ3) is 5.74. The number of aliphatic imine (C=N–C) groups is 1. The quantitative estimate of drug-likeness (QED) is 0.498. The van der Waals surface area contributed by atoms with E-state index < -0.39 is 0 Å². The Balaban J connectivity index is 1.60. The number of thioether (sulfide) groups is 1. The summed E-state index contributed by atoms with van der Waals surface area (Å²) < 4.78 is 2.31. The van der Waals surface area contributed by atoms with Crippen molar-refractivity contribution in [3.8, 4) is 0 Å². The molecule has 0 radical (unpaired) electrons. The van der Waals surface area contributed by atoms with Crippen LogP contribution in [0.4, 0.5) is 0 Å². The minimum absolute atomic E-state index is 0.216. The van der Waals surface area contributed by atoms with Gasteiger partial charge in [0.25, 0.3) is 0 Å². The summed E-state index contributed by atoms with van der Waals surface area (Å²) in [6.07, 6.45) is 7.76. The fourth-order valence-electron chi connectivity index (χ4n) is 3.65. The SMILES string of the molecule is CCNC(=NCC1(Sc2ccccc2)CCCC1)NCCn1cnnc1CC. The number of rotatable bonds is 9. The zero-order chi connectivity index (χ0) is 19.7. The van der Waals surface area contributed by atoms with Crippen LogP contribution in [-0.2, 0) is 13.0 Å². The molecular formula is C21H32N6S. The van der Waals surface area contributed by atoms with Gasteiger partial charge < -0.3 is 15.2 Å². The zero-order valence-corrected chi connectivity index (χ0v) is 17.8. The number of hydrogen-bond acceptors (Lipinski definition) is 4. The van der Waals surface area contributed by atoms with Gasteiger partial charge in [0.05, 0.1) is 6.54 Å². The second-order valence-electron chi connectivity index (χ2n) is 7.22. The molecule has 0 bridgehead atoms. The van der Waals surface area contributed by atoms with E-state index in [0.29, 0.717) is 0 Å². The molecular weight excluding hydrogens is 368 g/mol. The van der Waals surface area contributed by atoms with Crippen molar-refractivity contribution in [2.24, 2.45) is 4.99 Å².